The Hall–Kier alpha value is -2.16. The number of fused-ring (bicyclic) bond motifs is 2. The number of nitrogens with zero attached hydrogens (tertiary/aromatic N) is 2. The third-order valence-electron chi connectivity index (χ3n) is 6.89. The quantitative estimate of drug-likeness (QED) is 0.429. The highest BCUT2D eigenvalue weighted by Gasteiger charge is 2.42. The van der Waals surface area contributed by atoms with Gasteiger partial charge in [0, 0.05) is 72.6 Å². The molecular weight excluding hydrogens is 432 g/mol. The number of carbonyl (C=O) groups excluding carboxylic acids is 2. The van der Waals surface area contributed by atoms with Crippen molar-refractivity contribution in [1.29, 1.82) is 0 Å². The third-order valence-corrected chi connectivity index (χ3v) is 6.89. The van der Waals surface area contributed by atoms with Gasteiger partial charge in [-0.3, -0.25) is 9.69 Å². The van der Waals surface area contributed by atoms with Gasteiger partial charge in [-0.25, -0.2) is 4.79 Å². The molecule has 2 N–H and O–H groups in total. The number of piperidine rings is 2. The lowest BCUT2D eigenvalue weighted by atomic mass is 9.77. The molecule has 0 saturated carbocycles. The van der Waals surface area contributed by atoms with Crippen molar-refractivity contribution in [2.75, 3.05) is 60.2 Å². The molecule has 3 rings (SSSR count). The predicted octanol–water partition coefficient (Wildman–Crippen LogP) is 2.49. The van der Waals surface area contributed by atoms with E-state index in [1.807, 2.05) is 0 Å². The van der Waals surface area contributed by atoms with Gasteiger partial charge in [-0.2, -0.15) is 0 Å². The first kappa shape index (κ1) is 26.4. The number of hydrogen-bond acceptors (Lipinski definition) is 5. The molecule has 2 heterocycles. The number of nitrogens with one attached hydrogen (secondary N) is 2. The molecular formula is C26H42N4O4. The van der Waals surface area contributed by atoms with Crippen LogP contribution in [0.4, 0.5) is 4.79 Å². The van der Waals surface area contributed by atoms with Gasteiger partial charge in [0.15, 0.2) is 0 Å². The van der Waals surface area contributed by atoms with Crippen molar-refractivity contribution in [3.63, 3.8) is 0 Å². The van der Waals surface area contributed by atoms with Crippen molar-refractivity contribution in [3.8, 4) is 0 Å². The minimum Gasteiger partial charge on any atom is -0.385 e. The summed E-state index contributed by atoms with van der Waals surface area (Å²) in [6.45, 7) is 6.06. The first-order chi connectivity index (χ1) is 16.6. The third kappa shape index (κ3) is 8.25. The van der Waals surface area contributed by atoms with Crippen LogP contribution in [-0.4, -0.2) is 87.9 Å². The lowest BCUT2D eigenvalue weighted by Gasteiger charge is -2.51. The highest BCUT2D eigenvalue weighted by molar-refractivity contribution is 5.76. The van der Waals surface area contributed by atoms with E-state index in [4.69, 9.17) is 9.47 Å². The largest absolute Gasteiger partial charge is 0.385 e. The van der Waals surface area contributed by atoms with Crippen LogP contribution in [0.1, 0.15) is 37.7 Å². The Morgan fingerprint density at radius 3 is 2.53 bits per heavy atom. The van der Waals surface area contributed by atoms with Crippen LogP contribution >= 0.6 is 0 Å². The second kappa shape index (κ2) is 14.3. The number of benzene rings is 1. The smallest absolute Gasteiger partial charge is 0.317 e. The van der Waals surface area contributed by atoms with Gasteiger partial charge >= 0.3 is 6.03 Å². The molecule has 3 atom stereocenters. The lowest BCUT2D eigenvalue weighted by molar-refractivity contribution is -0.121. The average Bonchev–Trinajstić information content (AvgIpc) is 2.83. The predicted molar refractivity (Wildman–Crippen MR) is 132 cm³/mol. The molecule has 8 nitrogen and oxygen atoms in total. The Bertz CT molecular complexity index is 748. The topological polar surface area (TPSA) is 83.1 Å². The fourth-order valence-corrected chi connectivity index (χ4v) is 5.39. The van der Waals surface area contributed by atoms with Gasteiger partial charge in [0.25, 0.3) is 0 Å². The zero-order valence-corrected chi connectivity index (χ0v) is 20.8. The highest BCUT2D eigenvalue weighted by Crippen LogP contribution is 2.36. The molecule has 0 spiro atoms. The molecule has 34 heavy (non-hydrogen) atoms. The van der Waals surface area contributed by atoms with Gasteiger partial charge in [0.05, 0.1) is 6.61 Å². The van der Waals surface area contributed by atoms with E-state index in [0.29, 0.717) is 44.6 Å². The number of rotatable bonds is 13. The highest BCUT2D eigenvalue weighted by atomic mass is 16.5. The van der Waals surface area contributed by atoms with Crippen LogP contribution in [0.25, 0.3) is 0 Å². The Kier molecular flexibility index (Phi) is 11.1. The molecule has 8 heteroatoms. The Morgan fingerprint density at radius 1 is 0.971 bits per heavy atom. The molecule has 0 radical (unpaired) electrons. The van der Waals surface area contributed by atoms with Gasteiger partial charge in [-0.1, -0.05) is 30.3 Å². The maximum Gasteiger partial charge on any atom is 0.317 e. The lowest BCUT2D eigenvalue weighted by Crippen LogP contribution is -2.60. The molecule has 2 fully saturated rings. The normalized spacial score (nSPS) is 22.4. The number of likely N-dealkylation sites (tertiary alicyclic amines) is 2. The number of amides is 3. The SMILES string of the molecule is COCCCNC(=O)N1C[C@H]2C[C@@H](CN(Cc3ccccc3)C2)[C@H]1CCCC(=O)NCCOC. The van der Waals surface area contributed by atoms with Crippen molar-refractivity contribution < 1.29 is 19.1 Å². The summed E-state index contributed by atoms with van der Waals surface area (Å²) in [6, 6.07) is 10.8. The van der Waals surface area contributed by atoms with Crippen LogP contribution in [0.5, 0.6) is 0 Å². The summed E-state index contributed by atoms with van der Waals surface area (Å²) < 4.78 is 10.1. The summed E-state index contributed by atoms with van der Waals surface area (Å²) in [7, 11) is 3.30. The van der Waals surface area contributed by atoms with E-state index >= 15 is 0 Å². The zero-order chi connectivity index (χ0) is 24.2. The molecule has 1 aromatic rings. The van der Waals surface area contributed by atoms with Gasteiger partial charge in [-0.15, -0.1) is 0 Å². The summed E-state index contributed by atoms with van der Waals surface area (Å²) in [5, 5.41) is 5.99. The number of hydrogen-bond donors (Lipinski definition) is 2. The summed E-state index contributed by atoms with van der Waals surface area (Å²) in [6.07, 6.45) is 4.06. The standard InChI is InChI=1S/C26H42N4O4/c1-33-14-7-12-28-26(32)30-19-22-16-23(20-29(18-22)17-21-8-4-3-5-9-21)24(30)10-6-11-25(31)27-13-15-34-2/h3-5,8-9,22-24H,6-7,10-20H2,1-2H3,(H,27,31)(H,28,32)/t22-,23-,24+/m0/s1. The molecule has 190 valence electrons. The second-order valence-corrected chi connectivity index (χ2v) is 9.57. The molecule has 3 amide bonds. The Labute approximate surface area is 204 Å². The molecule has 2 saturated heterocycles. The molecule has 2 aliphatic heterocycles. The van der Waals surface area contributed by atoms with E-state index in [1.54, 1.807) is 14.2 Å². The zero-order valence-electron chi connectivity index (χ0n) is 20.8. The second-order valence-electron chi connectivity index (χ2n) is 9.57. The van der Waals surface area contributed by atoms with Crippen molar-refractivity contribution in [2.24, 2.45) is 11.8 Å². The van der Waals surface area contributed by atoms with Crippen LogP contribution in [-0.2, 0) is 20.8 Å². The van der Waals surface area contributed by atoms with Crippen LogP contribution in [0.15, 0.2) is 30.3 Å². The Morgan fingerprint density at radius 2 is 1.76 bits per heavy atom. The first-order valence-corrected chi connectivity index (χ1v) is 12.7. The van der Waals surface area contributed by atoms with Crippen LogP contribution in [0, 0.1) is 11.8 Å². The number of carbonyl (C=O) groups is 2. The average molecular weight is 475 g/mol. The van der Waals surface area contributed by atoms with Crippen LogP contribution in [0.2, 0.25) is 0 Å². The molecule has 0 aromatic heterocycles. The fraction of sp³-hybridized carbons (Fsp3) is 0.692. The van der Waals surface area contributed by atoms with E-state index < -0.39 is 0 Å². The minimum atomic E-state index is 0.0249. The van der Waals surface area contributed by atoms with Crippen molar-refractivity contribution >= 4 is 11.9 Å². The van der Waals surface area contributed by atoms with Gasteiger partial charge in [-0.05, 0) is 43.1 Å². The summed E-state index contributed by atoms with van der Waals surface area (Å²) in [5.74, 6) is 0.967. The molecule has 2 bridgehead atoms. The molecule has 0 aliphatic carbocycles. The van der Waals surface area contributed by atoms with Gasteiger partial charge in [0.1, 0.15) is 0 Å². The monoisotopic (exact) mass is 474 g/mol. The van der Waals surface area contributed by atoms with E-state index in [1.165, 1.54) is 5.56 Å². The first-order valence-electron chi connectivity index (χ1n) is 12.7. The van der Waals surface area contributed by atoms with Crippen molar-refractivity contribution in [3.05, 3.63) is 35.9 Å². The van der Waals surface area contributed by atoms with E-state index in [9.17, 15) is 9.59 Å². The maximum absolute atomic E-state index is 13.1. The molecule has 1 aromatic carbocycles. The maximum atomic E-state index is 13.1. The summed E-state index contributed by atoms with van der Waals surface area (Å²) in [4.78, 5) is 29.9. The van der Waals surface area contributed by atoms with E-state index in [-0.39, 0.29) is 18.0 Å². The van der Waals surface area contributed by atoms with Crippen molar-refractivity contribution in [1.82, 2.24) is 20.4 Å². The van der Waals surface area contributed by atoms with E-state index in [0.717, 1.165) is 51.9 Å². The molecule has 2 aliphatic rings. The minimum absolute atomic E-state index is 0.0249. The molecule has 0 unspecified atom stereocenters. The fourth-order valence-electron chi connectivity index (χ4n) is 5.39. The Balaban J connectivity index is 1.59. The number of ether oxygens (including phenoxy) is 2. The summed E-state index contributed by atoms with van der Waals surface area (Å²) >= 11 is 0. The van der Waals surface area contributed by atoms with Crippen molar-refractivity contribution in [2.45, 2.75) is 44.7 Å². The van der Waals surface area contributed by atoms with Gasteiger partial charge < -0.3 is 25.0 Å². The van der Waals surface area contributed by atoms with Gasteiger partial charge in [0.2, 0.25) is 5.91 Å². The summed E-state index contributed by atoms with van der Waals surface area (Å²) in [5.41, 5.74) is 1.33. The number of urea groups is 1. The van der Waals surface area contributed by atoms with E-state index in [2.05, 4.69) is 50.8 Å². The van der Waals surface area contributed by atoms with Crippen LogP contribution in [0.3, 0.4) is 0 Å². The van der Waals surface area contributed by atoms with Crippen LogP contribution < -0.4 is 10.6 Å². The number of methoxy groups -OCH3 is 2.